The maximum absolute atomic E-state index is 12.4. The van der Waals surface area contributed by atoms with Gasteiger partial charge in [0.25, 0.3) is 5.91 Å². The number of hydrogen-bond donors (Lipinski definition) is 2. The standard InChI is InChI=1S/C16H25N3O2/c1-3-8-17-14-13(5-4-9-18-14)15(20)19-12-16(2)6-10-21-11-7-16/h4-5,9H,3,6-8,10-12H2,1-2H3,(H,17,18)(H,19,20). The molecule has 0 atom stereocenters. The first kappa shape index (κ1) is 15.8. The van der Waals surface area contributed by atoms with Gasteiger partial charge in [-0.25, -0.2) is 4.98 Å². The van der Waals surface area contributed by atoms with Gasteiger partial charge in [0.2, 0.25) is 0 Å². The third-order valence-electron chi connectivity index (χ3n) is 3.97. The predicted octanol–water partition coefficient (Wildman–Crippen LogP) is 2.45. The highest BCUT2D eigenvalue weighted by molar-refractivity contribution is 5.98. The lowest BCUT2D eigenvalue weighted by atomic mass is 9.82. The Balaban J connectivity index is 1.96. The Kier molecular flexibility index (Phi) is 5.56. The molecule has 0 aliphatic carbocycles. The SMILES string of the molecule is CCCNc1ncccc1C(=O)NCC1(C)CCOCC1. The van der Waals surface area contributed by atoms with Gasteiger partial charge in [-0.05, 0) is 36.8 Å². The summed E-state index contributed by atoms with van der Waals surface area (Å²) in [6.07, 6.45) is 4.67. The topological polar surface area (TPSA) is 63.2 Å². The van der Waals surface area contributed by atoms with Crippen LogP contribution in [0.4, 0.5) is 5.82 Å². The highest BCUT2D eigenvalue weighted by atomic mass is 16.5. The van der Waals surface area contributed by atoms with Gasteiger partial charge in [-0.2, -0.15) is 0 Å². The van der Waals surface area contributed by atoms with Crippen LogP contribution in [0, 0.1) is 5.41 Å². The fourth-order valence-corrected chi connectivity index (χ4v) is 2.40. The number of anilines is 1. The first-order valence-electron chi connectivity index (χ1n) is 7.69. The molecule has 0 aromatic carbocycles. The van der Waals surface area contributed by atoms with Gasteiger partial charge in [-0.3, -0.25) is 4.79 Å². The number of carbonyl (C=O) groups excluding carboxylic acids is 1. The molecule has 0 saturated carbocycles. The molecule has 1 amide bonds. The van der Waals surface area contributed by atoms with E-state index in [4.69, 9.17) is 4.74 Å². The quantitative estimate of drug-likeness (QED) is 0.845. The summed E-state index contributed by atoms with van der Waals surface area (Å²) in [7, 11) is 0. The largest absolute Gasteiger partial charge is 0.381 e. The van der Waals surface area contributed by atoms with Crippen LogP contribution in [0.5, 0.6) is 0 Å². The number of rotatable bonds is 6. The van der Waals surface area contributed by atoms with E-state index in [0.717, 1.165) is 39.0 Å². The first-order chi connectivity index (χ1) is 10.1. The van der Waals surface area contributed by atoms with E-state index in [1.807, 2.05) is 6.07 Å². The Morgan fingerprint density at radius 3 is 2.90 bits per heavy atom. The number of ether oxygens (including phenoxy) is 1. The van der Waals surface area contributed by atoms with Crippen molar-refractivity contribution < 1.29 is 9.53 Å². The minimum Gasteiger partial charge on any atom is -0.381 e. The third-order valence-corrected chi connectivity index (χ3v) is 3.97. The van der Waals surface area contributed by atoms with Crippen molar-refractivity contribution in [2.75, 3.05) is 31.6 Å². The number of nitrogens with one attached hydrogen (secondary N) is 2. The number of carbonyl (C=O) groups is 1. The van der Waals surface area contributed by atoms with Crippen LogP contribution in [0.1, 0.15) is 43.5 Å². The zero-order chi connectivity index (χ0) is 15.1. The molecule has 1 aromatic heterocycles. The Hall–Kier alpha value is -1.62. The van der Waals surface area contributed by atoms with Gasteiger partial charge in [-0.15, -0.1) is 0 Å². The van der Waals surface area contributed by atoms with Crippen LogP contribution in [0.2, 0.25) is 0 Å². The Morgan fingerprint density at radius 1 is 1.43 bits per heavy atom. The van der Waals surface area contributed by atoms with Gasteiger partial charge >= 0.3 is 0 Å². The van der Waals surface area contributed by atoms with E-state index in [0.29, 0.717) is 17.9 Å². The molecule has 1 fully saturated rings. The summed E-state index contributed by atoms with van der Waals surface area (Å²) >= 11 is 0. The maximum atomic E-state index is 12.4. The van der Waals surface area contributed by atoms with E-state index in [-0.39, 0.29) is 11.3 Å². The van der Waals surface area contributed by atoms with Crippen molar-refractivity contribution >= 4 is 11.7 Å². The normalized spacial score (nSPS) is 17.2. The summed E-state index contributed by atoms with van der Waals surface area (Å²) in [4.78, 5) is 16.6. The molecular formula is C16H25N3O2. The predicted molar refractivity (Wildman–Crippen MR) is 83.5 cm³/mol. The number of aromatic nitrogens is 1. The molecule has 5 nitrogen and oxygen atoms in total. The van der Waals surface area contributed by atoms with E-state index in [2.05, 4.69) is 29.5 Å². The zero-order valence-electron chi connectivity index (χ0n) is 12.9. The molecular weight excluding hydrogens is 266 g/mol. The summed E-state index contributed by atoms with van der Waals surface area (Å²) in [5.74, 6) is 0.600. The van der Waals surface area contributed by atoms with Gasteiger partial charge in [0.1, 0.15) is 5.82 Å². The summed E-state index contributed by atoms with van der Waals surface area (Å²) < 4.78 is 5.39. The van der Waals surface area contributed by atoms with E-state index in [1.165, 1.54) is 0 Å². The minimum atomic E-state index is -0.0607. The molecule has 2 rings (SSSR count). The lowest BCUT2D eigenvalue weighted by Crippen LogP contribution is -2.39. The molecule has 0 unspecified atom stereocenters. The van der Waals surface area contributed by atoms with Crippen LogP contribution in [0.25, 0.3) is 0 Å². The molecule has 0 spiro atoms. The highest BCUT2D eigenvalue weighted by Gasteiger charge is 2.28. The van der Waals surface area contributed by atoms with Crippen molar-refractivity contribution in [1.29, 1.82) is 0 Å². The monoisotopic (exact) mass is 291 g/mol. The van der Waals surface area contributed by atoms with E-state index in [9.17, 15) is 4.79 Å². The van der Waals surface area contributed by atoms with Crippen molar-refractivity contribution in [2.45, 2.75) is 33.1 Å². The van der Waals surface area contributed by atoms with Gasteiger partial charge in [0, 0.05) is 32.5 Å². The molecule has 5 heteroatoms. The van der Waals surface area contributed by atoms with Gasteiger partial charge in [0.15, 0.2) is 0 Å². The summed E-state index contributed by atoms with van der Waals surface area (Å²) in [6, 6.07) is 3.61. The Morgan fingerprint density at radius 2 is 2.19 bits per heavy atom. The fourth-order valence-electron chi connectivity index (χ4n) is 2.40. The molecule has 1 aromatic rings. The number of hydrogen-bond acceptors (Lipinski definition) is 4. The molecule has 1 saturated heterocycles. The lowest BCUT2D eigenvalue weighted by molar-refractivity contribution is 0.0238. The van der Waals surface area contributed by atoms with Crippen LogP contribution in [0.15, 0.2) is 18.3 Å². The van der Waals surface area contributed by atoms with Crippen LogP contribution in [-0.4, -0.2) is 37.2 Å². The van der Waals surface area contributed by atoms with Crippen LogP contribution < -0.4 is 10.6 Å². The average molecular weight is 291 g/mol. The first-order valence-corrected chi connectivity index (χ1v) is 7.69. The Labute approximate surface area is 126 Å². The smallest absolute Gasteiger partial charge is 0.255 e. The second kappa shape index (κ2) is 7.41. The molecule has 2 N–H and O–H groups in total. The van der Waals surface area contributed by atoms with Crippen molar-refractivity contribution in [1.82, 2.24) is 10.3 Å². The lowest BCUT2D eigenvalue weighted by Gasteiger charge is -2.33. The summed E-state index contributed by atoms with van der Waals surface area (Å²) in [5, 5.41) is 6.25. The van der Waals surface area contributed by atoms with Crippen molar-refractivity contribution in [3.8, 4) is 0 Å². The highest BCUT2D eigenvalue weighted by Crippen LogP contribution is 2.28. The average Bonchev–Trinajstić information content (AvgIpc) is 2.52. The maximum Gasteiger partial charge on any atom is 0.255 e. The molecule has 0 radical (unpaired) electrons. The summed E-state index contributed by atoms with van der Waals surface area (Å²) in [5.41, 5.74) is 0.745. The second-order valence-corrected chi connectivity index (χ2v) is 5.93. The number of amides is 1. The third kappa shape index (κ3) is 4.43. The molecule has 1 aliphatic rings. The van der Waals surface area contributed by atoms with Crippen LogP contribution >= 0.6 is 0 Å². The van der Waals surface area contributed by atoms with E-state index < -0.39 is 0 Å². The molecule has 21 heavy (non-hydrogen) atoms. The van der Waals surface area contributed by atoms with Crippen molar-refractivity contribution in [3.05, 3.63) is 23.9 Å². The molecule has 1 aliphatic heterocycles. The molecule has 2 heterocycles. The van der Waals surface area contributed by atoms with Crippen LogP contribution in [-0.2, 0) is 4.74 Å². The van der Waals surface area contributed by atoms with Crippen molar-refractivity contribution in [3.63, 3.8) is 0 Å². The van der Waals surface area contributed by atoms with Gasteiger partial charge < -0.3 is 15.4 Å². The van der Waals surface area contributed by atoms with Crippen LogP contribution in [0.3, 0.4) is 0 Å². The Bertz CT molecular complexity index is 470. The second-order valence-electron chi connectivity index (χ2n) is 5.93. The van der Waals surface area contributed by atoms with Gasteiger partial charge in [-0.1, -0.05) is 13.8 Å². The number of pyridine rings is 1. The van der Waals surface area contributed by atoms with E-state index >= 15 is 0 Å². The zero-order valence-corrected chi connectivity index (χ0v) is 12.9. The molecule has 116 valence electrons. The van der Waals surface area contributed by atoms with Crippen molar-refractivity contribution in [2.24, 2.45) is 5.41 Å². The summed E-state index contributed by atoms with van der Waals surface area (Å²) in [6.45, 7) is 7.34. The fraction of sp³-hybridized carbons (Fsp3) is 0.625. The van der Waals surface area contributed by atoms with Gasteiger partial charge in [0.05, 0.1) is 5.56 Å². The molecule has 0 bridgehead atoms. The van der Waals surface area contributed by atoms with E-state index in [1.54, 1.807) is 12.3 Å². The number of nitrogens with zero attached hydrogens (tertiary/aromatic N) is 1. The minimum absolute atomic E-state index is 0.0607.